The van der Waals surface area contributed by atoms with Crippen molar-refractivity contribution in [2.24, 2.45) is 11.8 Å². The van der Waals surface area contributed by atoms with E-state index < -0.39 is 0 Å². The largest absolute Gasteiger partial charge is 0.319 e. The zero-order chi connectivity index (χ0) is 10.6. The maximum Gasteiger partial charge on any atom is 0.230 e. The first-order valence-electron chi connectivity index (χ1n) is 4.54. The minimum atomic E-state index is -0.117. The van der Waals surface area contributed by atoms with E-state index in [0.29, 0.717) is 19.4 Å². The fourth-order valence-corrected chi connectivity index (χ4v) is 1.79. The smallest absolute Gasteiger partial charge is 0.230 e. The minimum Gasteiger partial charge on any atom is -0.319 e. The van der Waals surface area contributed by atoms with Gasteiger partial charge in [-0.15, -0.1) is 24.7 Å². The van der Waals surface area contributed by atoms with Crippen LogP contribution in [0.15, 0.2) is 12.8 Å². The van der Waals surface area contributed by atoms with Gasteiger partial charge in [0.2, 0.25) is 5.91 Å². The van der Waals surface area contributed by atoms with E-state index in [1.807, 2.05) is 0 Å². The lowest BCUT2D eigenvalue weighted by Gasteiger charge is -2.09. The number of nitrogens with zero attached hydrogens (tertiary/aromatic N) is 1. The maximum absolute atomic E-state index is 11.7. The molecule has 0 aromatic rings. The summed E-state index contributed by atoms with van der Waals surface area (Å²) in [5.41, 5.74) is 0. The molecule has 2 nitrogen and oxygen atoms in total. The van der Waals surface area contributed by atoms with Crippen LogP contribution in [0, 0.1) is 36.5 Å². The van der Waals surface area contributed by atoms with Gasteiger partial charge in [-0.25, -0.2) is 0 Å². The molecule has 2 atom stereocenters. The molecule has 0 saturated carbocycles. The zero-order valence-corrected chi connectivity index (χ0v) is 8.07. The van der Waals surface area contributed by atoms with Gasteiger partial charge in [-0.1, -0.05) is 6.58 Å². The first kappa shape index (κ1) is 10.4. The lowest BCUT2D eigenvalue weighted by molar-refractivity contribution is -0.128. The zero-order valence-electron chi connectivity index (χ0n) is 8.07. The van der Waals surface area contributed by atoms with Crippen molar-refractivity contribution in [1.82, 2.24) is 4.90 Å². The van der Waals surface area contributed by atoms with Crippen molar-refractivity contribution in [3.8, 4) is 24.7 Å². The van der Waals surface area contributed by atoms with E-state index in [0.717, 1.165) is 0 Å². The van der Waals surface area contributed by atoms with E-state index >= 15 is 0 Å². The Kier molecular flexibility index (Phi) is 3.37. The molecule has 0 aliphatic carbocycles. The highest BCUT2D eigenvalue weighted by molar-refractivity contribution is 5.82. The van der Waals surface area contributed by atoms with Gasteiger partial charge < -0.3 is 4.90 Å². The number of amides is 1. The molecule has 72 valence electrons. The summed E-state index contributed by atoms with van der Waals surface area (Å²) in [6.45, 7) is 4.24. The van der Waals surface area contributed by atoms with E-state index in [4.69, 9.17) is 12.8 Å². The molecule has 1 amide bonds. The van der Waals surface area contributed by atoms with Crippen molar-refractivity contribution in [2.45, 2.75) is 12.8 Å². The molecule has 1 aliphatic heterocycles. The minimum absolute atomic E-state index is 0.0539. The summed E-state index contributed by atoms with van der Waals surface area (Å²) >= 11 is 0. The fourth-order valence-electron chi connectivity index (χ4n) is 1.79. The van der Waals surface area contributed by atoms with Crippen LogP contribution in [0.3, 0.4) is 0 Å². The van der Waals surface area contributed by atoms with Crippen molar-refractivity contribution in [3.63, 3.8) is 0 Å². The summed E-state index contributed by atoms with van der Waals surface area (Å²) in [7, 11) is 0. The van der Waals surface area contributed by atoms with E-state index in [9.17, 15) is 4.79 Å². The highest BCUT2D eigenvalue weighted by Crippen LogP contribution is 2.29. The van der Waals surface area contributed by atoms with Gasteiger partial charge in [-0.3, -0.25) is 4.79 Å². The predicted molar refractivity (Wildman–Crippen MR) is 55.8 cm³/mol. The maximum atomic E-state index is 11.7. The third-order valence-electron chi connectivity index (χ3n) is 2.54. The Labute approximate surface area is 85.0 Å². The van der Waals surface area contributed by atoms with Crippen LogP contribution in [0.4, 0.5) is 0 Å². The number of carbonyl (C=O) groups excluding carboxylic acids is 1. The summed E-state index contributed by atoms with van der Waals surface area (Å²) in [5.74, 6) is 5.22. The number of terminal acetylenes is 2. The molecule has 0 aromatic carbocycles. The van der Waals surface area contributed by atoms with E-state index in [-0.39, 0.29) is 17.7 Å². The normalized spacial score (nSPS) is 25.6. The molecule has 1 aliphatic rings. The first-order valence-corrected chi connectivity index (χ1v) is 4.54. The third kappa shape index (κ3) is 1.80. The molecule has 0 spiro atoms. The fraction of sp³-hybridized carbons (Fsp3) is 0.417. The van der Waals surface area contributed by atoms with Gasteiger partial charge in [-0.05, 0) is 6.20 Å². The summed E-state index contributed by atoms with van der Waals surface area (Å²) in [4.78, 5) is 13.3. The molecule has 2 heteroatoms. The highest BCUT2D eigenvalue weighted by atomic mass is 16.2. The summed E-state index contributed by atoms with van der Waals surface area (Å²) in [5, 5.41) is 0. The average Bonchev–Trinajstić information content (AvgIpc) is 2.47. The molecule has 2 unspecified atom stereocenters. The summed E-state index contributed by atoms with van der Waals surface area (Å²) in [6.07, 6.45) is 13.1. The Bertz CT molecular complexity index is 318. The SMILES string of the molecule is C#CCC1CN(C=C)C(=O)C1CC#C. The second-order valence-electron chi connectivity index (χ2n) is 3.36. The van der Waals surface area contributed by atoms with Gasteiger partial charge in [0.1, 0.15) is 0 Å². The van der Waals surface area contributed by atoms with Crippen molar-refractivity contribution in [3.05, 3.63) is 12.8 Å². The van der Waals surface area contributed by atoms with Crippen LogP contribution in [-0.4, -0.2) is 17.4 Å². The number of hydrogen-bond donors (Lipinski definition) is 0. The monoisotopic (exact) mass is 187 g/mol. The topological polar surface area (TPSA) is 20.3 Å². The standard InChI is InChI=1S/C12H13NO/c1-4-7-10-9-13(6-3)12(14)11(10)8-5-2/h1-2,6,10-11H,3,7-9H2. The molecule has 0 radical (unpaired) electrons. The number of hydrogen-bond acceptors (Lipinski definition) is 1. The van der Waals surface area contributed by atoms with Crippen molar-refractivity contribution >= 4 is 5.91 Å². The van der Waals surface area contributed by atoms with Gasteiger partial charge >= 0.3 is 0 Å². The average molecular weight is 187 g/mol. The molecule has 0 bridgehead atoms. The molecule has 0 N–H and O–H groups in total. The molecule has 1 saturated heterocycles. The Balaban J connectivity index is 2.78. The molecule has 1 fully saturated rings. The van der Waals surface area contributed by atoms with Crippen molar-refractivity contribution in [1.29, 1.82) is 0 Å². The van der Waals surface area contributed by atoms with E-state index in [1.165, 1.54) is 0 Å². The third-order valence-corrected chi connectivity index (χ3v) is 2.54. The van der Waals surface area contributed by atoms with Gasteiger partial charge in [0.05, 0.1) is 5.92 Å². The van der Waals surface area contributed by atoms with Crippen molar-refractivity contribution in [2.75, 3.05) is 6.54 Å². The second kappa shape index (κ2) is 4.53. The van der Waals surface area contributed by atoms with Gasteiger partial charge in [0, 0.05) is 25.3 Å². The lowest BCUT2D eigenvalue weighted by Crippen LogP contribution is -2.21. The second-order valence-corrected chi connectivity index (χ2v) is 3.36. The molecular weight excluding hydrogens is 174 g/mol. The van der Waals surface area contributed by atoms with Gasteiger partial charge in [0.25, 0.3) is 0 Å². The summed E-state index contributed by atoms with van der Waals surface area (Å²) in [6, 6.07) is 0. The van der Waals surface area contributed by atoms with E-state index in [2.05, 4.69) is 18.4 Å². The summed E-state index contributed by atoms with van der Waals surface area (Å²) < 4.78 is 0. The number of likely N-dealkylation sites (tertiary alicyclic amines) is 1. The van der Waals surface area contributed by atoms with Crippen LogP contribution < -0.4 is 0 Å². The predicted octanol–water partition coefficient (Wildman–Crippen LogP) is 1.25. The highest BCUT2D eigenvalue weighted by Gasteiger charge is 2.37. The molecule has 1 rings (SSSR count). The van der Waals surface area contributed by atoms with Crippen LogP contribution in [0.1, 0.15) is 12.8 Å². The molecule has 0 aromatic heterocycles. The van der Waals surface area contributed by atoms with Crippen LogP contribution in [0.2, 0.25) is 0 Å². The van der Waals surface area contributed by atoms with Crippen LogP contribution >= 0.6 is 0 Å². The number of rotatable bonds is 3. The van der Waals surface area contributed by atoms with Crippen LogP contribution in [0.25, 0.3) is 0 Å². The van der Waals surface area contributed by atoms with Crippen molar-refractivity contribution < 1.29 is 4.79 Å². The quantitative estimate of drug-likeness (QED) is 0.609. The lowest BCUT2D eigenvalue weighted by atomic mass is 9.90. The molecule has 1 heterocycles. The van der Waals surface area contributed by atoms with Gasteiger partial charge in [0.15, 0.2) is 0 Å². The number of carbonyl (C=O) groups is 1. The van der Waals surface area contributed by atoms with Crippen LogP contribution in [-0.2, 0) is 4.79 Å². The first-order chi connectivity index (χ1) is 6.74. The Hall–Kier alpha value is -1.67. The Morgan fingerprint density at radius 3 is 2.64 bits per heavy atom. The van der Waals surface area contributed by atoms with E-state index in [1.54, 1.807) is 11.1 Å². The Morgan fingerprint density at radius 2 is 2.14 bits per heavy atom. The van der Waals surface area contributed by atoms with Gasteiger partial charge in [-0.2, -0.15) is 0 Å². The Morgan fingerprint density at radius 1 is 1.50 bits per heavy atom. The molecular formula is C12H13NO. The molecule has 14 heavy (non-hydrogen) atoms. The van der Waals surface area contributed by atoms with Crippen LogP contribution in [0.5, 0.6) is 0 Å².